The molecule has 0 aliphatic heterocycles. The molecule has 0 aliphatic rings. The molecule has 0 heterocycles. The predicted octanol–water partition coefficient (Wildman–Crippen LogP) is 4.26. The van der Waals surface area contributed by atoms with Crippen molar-refractivity contribution < 1.29 is 0 Å². The van der Waals surface area contributed by atoms with Gasteiger partial charge in [-0.2, -0.15) is 0 Å². The van der Waals surface area contributed by atoms with Gasteiger partial charge >= 0.3 is 143 Å². The van der Waals surface area contributed by atoms with Crippen LogP contribution in [0.25, 0.3) is 21.5 Å². The molecule has 0 aliphatic carbocycles. The summed E-state index contributed by atoms with van der Waals surface area (Å²) in [6.45, 7) is 4.41. The Hall–Kier alpha value is -2.08. The van der Waals surface area contributed by atoms with E-state index in [0.717, 1.165) is 0 Å². The van der Waals surface area contributed by atoms with E-state index in [9.17, 15) is 0 Å². The van der Waals surface area contributed by atoms with Crippen molar-refractivity contribution in [2.24, 2.45) is 0 Å². The van der Waals surface area contributed by atoms with E-state index in [0.29, 0.717) is 15.0 Å². The van der Waals surface area contributed by atoms with Crippen molar-refractivity contribution in [2.45, 2.75) is 13.8 Å². The van der Waals surface area contributed by atoms with Crippen LogP contribution in [0.1, 0.15) is 11.1 Å². The predicted molar refractivity (Wildman–Crippen MR) is 102 cm³/mol. The summed E-state index contributed by atoms with van der Waals surface area (Å²) in [6, 6.07) is 26.7. The number of hydrogen-bond acceptors (Lipinski definition) is 0. The molecule has 0 spiro atoms. The molecule has 4 aromatic carbocycles. The van der Waals surface area contributed by atoms with Gasteiger partial charge in [0, 0.05) is 0 Å². The molecule has 0 amide bonds. The van der Waals surface area contributed by atoms with E-state index >= 15 is 0 Å². The Morgan fingerprint density at radius 1 is 0.609 bits per heavy atom. The molecule has 112 valence electrons. The minimum atomic E-state index is 0.326. The molecule has 4 aromatic rings. The van der Waals surface area contributed by atoms with E-state index < -0.39 is 0 Å². The van der Waals surface area contributed by atoms with Gasteiger partial charge in [0.1, 0.15) is 0 Å². The van der Waals surface area contributed by atoms with Gasteiger partial charge in [-0.3, -0.25) is 0 Å². The van der Waals surface area contributed by atoms with E-state index in [2.05, 4.69) is 86.6 Å². The van der Waals surface area contributed by atoms with Gasteiger partial charge < -0.3 is 0 Å². The normalized spacial score (nSPS) is 11.2. The third-order valence-electron chi connectivity index (χ3n) is 4.26. The topological polar surface area (TPSA) is 0 Å². The van der Waals surface area contributed by atoms with Gasteiger partial charge in [0.25, 0.3) is 0 Å². The van der Waals surface area contributed by atoms with Crippen molar-refractivity contribution in [3.63, 3.8) is 0 Å². The number of hydrogen-bond donors (Lipinski definition) is 0. The molecule has 0 nitrogen and oxygen atoms in total. The fourth-order valence-electron chi connectivity index (χ4n) is 3.23. The summed E-state index contributed by atoms with van der Waals surface area (Å²) < 4.78 is 2.90. The Bertz CT molecular complexity index is 1000. The third kappa shape index (κ3) is 2.67. The first-order valence-corrected chi connectivity index (χ1v) is 9.59. The molecule has 0 fully saturated rings. The Kier molecular flexibility index (Phi) is 3.69. The zero-order valence-corrected chi connectivity index (χ0v) is 15.0. The fourth-order valence-corrected chi connectivity index (χ4v) is 5.36. The molecule has 1 heteroatoms. The Morgan fingerprint density at radius 2 is 1.30 bits per heavy atom. The zero-order valence-electron chi connectivity index (χ0n) is 13.3. The standard InChI is InChI=1S/C22H18Se/c1-15-12-16(2)20-14-22(23-17-8-4-3-5-9-17)19-11-7-6-10-18(19)21(20)13-15/h3-14H,1-2H3. The summed E-state index contributed by atoms with van der Waals surface area (Å²) in [4.78, 5) is 0. The minimum absolute atomic E-state index is 0.326. The summed E-state index contributed by atoms with van der Waals surface area (Å²) in [5.41, 5.74) is 2.71. The number of aryl methyl sites for hydroxylation is 2. The van der Waals surface area contributed by atoms with Crippen LogP contribution in [0.3, 0.4) is 0 Å². The Labute approximate surface area is 143 Å². The summed E-state index contributed by atoms with van der Waals surface area (Å²) in [5, 5.41) is 5.55. The van der Waals surface area contributed by atoms with Gasteiger partial charge in [0.05, 0.1) is 0 Å². The van der Waals surface area contributed by atoms with Gasteiger partial charge in [-0.05, 0) is 0 Å². The summed E-state index contributed by atoms with van der Waals surface area (Å²) >= 11 is 0.326. The maximum absolute atomic E-state index is 2.42. The molecule has 0 N–H and O–H groups in total. The van der Waals surface area contributed by atoms with Gasteiger partial charge in [0.2, 0.25) is 0 Å². The second-order valence-corrected chi connectivity index (χ2v) is 8.35. The van der Waals surface area contributed by atoms with Crippen LogP contribution in [0.15, 0.2) is 72.8 Å². The molecule has 0 saturated heterocycles. The second kappa shape index (κ2) is 5.85. The third-order valence-corrected chi connectivity index (χ3v) is 6.50. The molecule has 23 heavy (non-hydrogen) atoms. The first-order valence-electron chi connectivity index (χ1n) is 7.88. The van der Waals surface area contributed by atoms with Gasteiger partial charge in [-0.25, -0.2) is 0 Å². The zero-order chi connectivity index (χ0) is 15.8. The average Bonchev–Trinajstić information content (AvgIpc) is 2.57. The molecular weight excluding hydrogens is 343 g/mol. The first kappa shape index (κ1) is 14.5. The van der Waals surface area contributed by atoms with Crippen LogP contribution in [0.2, 0.25) is 0 Å². The SMILES string of the molecule is Cc1cc(C)c2cc([Se]c3ccccc3)c3ccccc3c2c1. The molecule has 0 aromatic heterocycles. The van der Waals surface area contributed by atoms with Crippen LogP contribution in [0, 0.1) is 13.8 Å². The molecule has 4 rings (SSSR count). The summed E-state index contributed by atoms with van der Waals surface area (Å²) in [5.74, 6) is 0. The van der Waals surface area contributed by atoms with Crippen molar-refractivity contribution in [1.82, 2.24) is 0 Å². The van der Waals surface area contributed by atoms with Crippen LogP contribution in [0.4, 0.5) is 0 Å². The molecule has 0 bridgehead atoms. The number of fused-ring (bicyclic) bond motifs is 3. The van der Waals surface area contributed by atoms with Crippen molar-refractivity contribution in [2.75, 3.05) is 0 Å². The Balaban J connectivity index is 2.03. The second-order valence-electron chi connectivity index (χ2n) is 6.01. The van der Waals surface area contributed by atoms with Crippen molar-refractivity contribution in [1.29, 1.82) is 0 Å². The summed E-state index contributed by atoms with van der Waals surface area (Å²) in [7, 11) is 0. The molecule has 0 unspecified atom stereocenters. The van der Waals surface area contributed by atoms with Crippen LogP contribution in [-0.4, -0.2) is 15.0 Å². The van der Waals surface area contributed by atoms with Gasteiger partial charge in [-0.15, -0.1) is 0 Å². The van der Waals surface area contributed by atoms with E-state index in [4.69, 9.17) is 0 Å². The molecule has 0 radical (unpaired) electrons. The molecule has 0 saturated carbocycles. The Morgan fingerprint density at radius 3 is 2.09 bits per heavy atom. The molecule has 0 atom stereocenters. The van der Waals surface area contributed by atoms with Gasteiger partial charge in [0.15, 0.2) is 0 Å². The van der Waals surface area contributed by atoms with E-state index in [1.165, 1.54) is 41.6 Å². The fraction of sp³-hybridized carbons (Fsp3) is 0.0909. The van der Waals surface area contributed by atoms with E-state index in [1.807, 2.05) is 0 Å². The average molecular weight is 361 g/mol. The van der Waals surface area contributed by atoms with Crippen LogP contribution < -0.4 is 8.92 Å². The monoisotopic (exact) mass is 362 g/mol. The quantitative estimate of drug-likeness (QED) is 0.370. The van der Waals surface area contributed by atoms with Crippen LogP contribution in [-0.2, 0) is 0 Å². The van der Waals surface area contributed by atoms with Crippen LogP contribution >= 0.6 is 0 Å². The van der Waals surface area contributed by atoms with E-state index in [-0.39, 0.29) is 0 Å². The van der Waals surface area contributed by atoms with E-state index in [1.54, 1.807) is 0 Å². The number of benzene rings is 4. The van der Waals surface area contributed by atoms with Gasteiger partial charge in [-0.1, -0.05) is 0 Å². The summed E-state index contributed by atoms with van der Waals surface area (Å²) in [6.07, 6.45) is 0. The molecular formula is C22H18Se. The van der Waals surface area contributed by atoms with Crippen molar-refractivity contribution >= 4 is 45.4 Å². The number of rotatable bonds is 2. The van der Waals surface area contributed by atoms with Crippen LogP contribution in [0.5, 0.6) is 0 Å². The maximum atomic E-state index is 2.42. The van der Waals surface area contributed by atoms with Crippen molar-refractivity contribution in [3.05, 3.63) is 83.9 Å². The first-order chi connectivity index (χ1) is 11.2. The van der Waals surface area contributed by atoms with Crippen molar-refractivity contribution in [3.8, 4) is 0 Å².